The number of aromatic hydroxyl groups is 1. The highest BCUT2D eigenvalue weighted by Gasteiger charge is 2.33. The third-order valence-electron chi connectivity index (χ3n) is 3.59. The molecule has 0 bridgehead atoms. The van der Waals surface area contributed by atoms with Crippen LogP contribution in [-0.4, -0.2) is 5.11 Å². The van der Waals surface area contributed by atoms with Gasteiger partial charge in [-0.2, -0.15) is 0 Å². The lowest BCUT2D eigenvalue weighted by Crippen LogP contribution is -2.31. The van der Waals surface area contributed by atoms with Gasteiger partial charge in [-0.3, -0.25) is 0 Å². The van der Waals surface area contributed by atoms with Crippen LogP contribution in [0.15, 0.2) is 54.6 Å². The van der Waals surface area contributed by atoms with Crippen molar-refractivity contribution in [2.75, 3.05) is 0 Å². The van der Waals surface area contributed by atoms with Gasteiger partial charge in [-0.25, -0.2) is 0 Å². The SMILES string of the molecule is CCC(CC)(Oc1ccccc1)c1ccccc1O. The molecule has 0 spiro atoms. The summed E-state index contributed by atoms with van der Waals surface area (Å²) in [5, 5.41) is 10.1. The second-order valence-electron chi connectivity index (χ2n) is 4.63. The number of para-hydroxylation sites is 2. The monoisotopic (exact) mass is 256 g/mol. The molecule has 2 nitrogen and oxygen atoms in total. The molecule has 0 fully saturated rings. The summed E-state index contributed by atoms with van der Waals surface area (Å²) in [5.74, 6) is 1.12. The van der Waals surface area contributed by atoms with E-state index in [1.165, 1.54) is 0 Å². The molecular weight excluding hydrogens is 236 g/mol. The van der Waals surface area contributed by atoms with E-state index in [1.807, 2.05) is 48.5 Å². The average molecular weight is 256 g/mol. The molecule has 2 rings (SSSR count). The van der Waals surface area contributed by atoms with Crippen LogP contribution in [0.2, 0.25) is 0 Å². The zero-order valence-corrected chi connectivity index (χ0v) is 11.5. The van der Waals surface area contributed by atoms with E-state index in [2.05, 4.69) is 13.8 Å². The van der Waals surface area contributed by atoms with Crippen molar-refractivity contribution in [1.82, 2.24) is 0 Å². The van der Waals surface area contributed by atoms with Gasteiger partial charge in [0, 0.05) is 5.56 Å². The van der Waals surface area contributed by atoms with Crippen LogP contribution >= 0.6 is 0 Å². The largest absolute Gasteiger partial charge is 0.508 e. The van der Waals surface area contributed by atoms with Crippen LogP contribution in [0.3, 0.4) is 0 Å². The molecule has 0 unspecified atom stereocenters. The second-order valence-corrected chi connectivity index (χ2v) is 4.63. The van der Waals surface area contributed by atoms with E-state index in [9.17, 15) is 5.11 Å². The molecule has 100 valence electrons. The minimum absolute atomic E-state index is 0.294. The summed E-state index contributed by atoms with van der Waals surface area (Å²) >= 11 is 0. The summed E-state index contributed by atoms with van der Waals surface area (Å²) in [6.45, 7) is 4.16. The molecule has 0 saturated carbocycles. The van der Waals surface area contributed by atoms with Crippen LogP contribution in [0.1, 0.15) is 32.3 Å². The molecule has 2 heteroatoms. The molecule has 0 aliphatic rings. The first-order valence-electron chi connectivity index (χ1n) is 6.74. The average Bonchev–Trinajstić information content (AvgIpc) is 2.47. The van der Waals surface area contributed by atoms with Crippen LogP contribution in [0, 0.1) is 0 Å². The maximum atomic E-state index is 10.1. The predicted octanol–water partition coefficient (Wildman–Crippen LogP) is 4.49. The van der Waals surface area contributed by atoms with Crippen molar-refractivity contribution < 1.29 is 9.84 Å². The highest BCUT2D eigenvalue weighted by Crippen LogP contribution is 2.38. The van der Waals surface area contributed by atoms with Crippen molar-refractivity contribution in [3.8, 4) is 11.5 Å². The lowest BCUT2D eigenvalue weighted by atomic mass is 9.87. The van der Waals surface area contributed by atoms with E-state index in [1.54, 1.807) is 6.07 Å². The molecule has 0 heterocycles. The van der Waals surface area contributed by atoms with E-state index < -0.39 is 5.60 Å². The maximum Gasteiger partial charge on any atom is 0.137 e. The molecule has 0 atom stereocenters. The summed E-state index contributed by atoms with van der Waals surface area (Å²) in [7, 11) is 0. The molecule has 0 aromatic heterocycles. The van der Waals surface area contributed by atoms with Gasteiger partial charge in [0.2, 0.25) is 0 Å². The summed E-state index contributed by atoms with van der Waals surface area (Å²) in [5.41, 5.74) is 0.371. The third-order valence-corrected chi connectivity index (χ3v) is 3.59. The molecule has 0 aliphatic heterocycles. The van der Waals surface area contributed by atoms with Gasteiger partial charge in [0.1, 0.15) is 17.1 Å². The fourth-order valence-electron chi connectivity index (χ4n) is 2.40. The zero-order valence-electron chi connectivity index (χ0n) is 11.5. The lowest BCUT2D eigenvalue weighted by molar-refractivity contribution is 0.0548. The first-order valence-corrected chi connectivity index (χ1v) is 6.74. The number of ether oxygens (including phenoxy) is 1. The summed E-state index contributed by atoms with van der Waals surface area (Å²) in [6, 6.07) is 17.2. The molecular formula is C17H20O2. The summed E-state index contributed by atoms with van der Waals surface area (Å²) in [6.07, 6.45) is 1.60. The van der Waals surface area contributed by atoms with Gasteiger partial charge in [0.05, 0.1) is 0 Å². The van der Waals surface area contributed by atoms with Gasteiger partial charge in [0.15, 0.2) is 0 Å². The van der Waals surface area contributed by atoms with E-state index in [0.717, 1.165) is 24.2 Å². The summed E-state index contributed by atoms with van der Waals surface area (Å²) in [4.78, 5) is 0. The number of hydrogen-bond donors (Lipinski definition) is 1. The number of benzene rings is 2. The number of phenolic OH excluding ortho intramolecular Hbond substituents is 1. The van der Waals surface area contributed by atoms with Crippen molar-refractivity contribution in [2.45, 2.75) is 32.3 Å². The van der Waals surface area contributed by atoms with Crippen LogP contribution < -0.4 is 4.74 Å². The first kappa shape index (κ1) is 13.5. The second kappa shape index (κ2) is 5.79. The van der Waals surface area contributed by atoms with Gasteiger partial charge in [-0.15, -0.1) is 0 Å². The topological polar surface area (TPSA) is 29.5 Å². The molecule has 0 saturated heterocycles. The van der Waals surface area contributed by atoms with Crippen LogP contribution in [0.5, 0.6) is 11.5 Å². The minimum Gasteiger partial charge on any atom is -0.508 e. The van der Waals surface area contributed by atoms with Gasteiger partial charge in [0.25, 0.3) is 0 Å². The van der Waals surface area contributed by atoms with E-state index in [-0.39, 0.29) is 0 Å². The minimum atomic E-state index is -0.479. The third kappa shape index (κ3) is 2.73. The van der Waals surface area contributed by atoms with Crippen molar-refractivity contribution in [3.63, 3.8) is 0 Å². The van der Waals surface area contributed by atoms with Gasteiger partial charge < -0.3 is 9.84 Å². The van der Waals surface area contributed by atoms with Gasteiger partial charge >= 0.3 is 0 Å². The Morgan fingerprint density at radius 3 is 2.05 bits per heavy atom. The molecule has 2 aromatic rings. The van der Waals surface area contributed by atoms with Crippen molar-refractivity contribution in [3.05, 3.63) is 60.2 Å². The van der Waals surface area contributed by atoms with Gasteiger partial charge in [-0.1, -0.05) is 50.2 Å². The Bertz CT molecular complexity index is 516. The Morgan fingerprint density at radius 2 is 1.47 bits per heavy atom. The zero-order chi connectivity index (χ0) is 13.7. The van der Waals surface area contributed by atoms with Crippen molar-refractivity contribution in [2.24, 2.45) is 0 Å². The maximum absolute atomic E-state index is 10.1. The van der Waals surface area contributed by atoms with E-state index in [0.29, 0.717) is 5.75 Å². The molecule has 19 heavy (non-hydrogen) atoms. The molecule has 0 amide bonds. The Kier molecular flexibility index (Phi) is 4.10. The molecule has 1 N–H and O–H groups in total. The first-order chi connectivity index (χ1) is 9.22. The van der Waals surface area contributed by atoms with Crippen molar-refractivity contribution in [1.29, 1.82) is 0 Å². The van der Waals surface area contributed by atoms with Crippen LogP contribution in [-0.2, 0) is 5.60 Å². The quantitative estimate of drug-likeness (QED) is 0.854. The Balaban J connectivity index is 2.41. The fourth-order valence-corrected chi connectivity index (χ4v) is 2.40. The van der Waals surface area contributed by atoms with Gasteiger partial charge in [-0.05, 0) is 31.0 Å². The number of rotatable bonds is 5. The highest BCUT2D eigenvalue weighted by molar-refractivity contribution is 5.38. The standard InChI is InChI=1S/C17H20O2/c1-3-17(4-2,15-12-8-9-13-16(15)18)19-14-10-6-5-7-11-14/h5-13,18H,3-4H2,1-2H3. The molecule has 0 radical (unpaired) electrons. The van der Waals surface area contributed by atoms with Crippen LogP contribution in [0.4, 0.5) is 0 Å². The number of phenols is 1. The lowest BCUT2D eigenvalue weighted by Gasteiger charge is -2.33. The predicted molar refractivity (Wildman–Crippen MR) is 77.4 cm³/mol. The molecule has 0 aliphatic carbocycles. The Morgan fingerprint density at radius 1 is 0.895 bits per heavy atom. The Labute approximate surface area is 114 Å². The van der Waals surface area contributed by atoms with Crippen molar-refractivity contribution >= 4 is 0 Å². The van der Waals surface area contributed by atoms with E-state index >= 15 is 0 Å². The number of hydrogen-bond acceptors (Lipinski definition) is 2. The fraction of sp³-hybridized carbons (Fsp3) is 0.294. The highest BCUT2D eigenvalue weighted by atomic mass is 16.5. The normalized spacial score (nSPS) is 11.3. The van der Waals surface area contributed by atoms with E-state index in [4.69, 9.17) is 4.74 Å². The van der Waals surface area contributed by atoms with Crippen LogP contribution in [0.25, 0.3) is 0 Å². The molecule has 2 aromatic carbocycles. The summed E-state index contributed by atoms with van der Waals surface area (Å²) < 4.78 is 6.21. The Hall–Kier alpha value is -1.96. The smallest absolute Gasteiger partial charge is 0.137 e.